The van der Waals surface area contributed by atoms with Gasteiger partial charge in [0, 0.05) is 12.4 Å². The number of aromatic nitrogens is 1. The van der Waals surface area contributed by atoms with Crippen molar-refractivity contribution in [1.29, 1.82) is 0 Å². The Kier molecular flexibility index (Phi) is 5.26. The van der Waals surface area contributed by atoms with Crippen LogP contribution >= 0.6 is 0 Å². The fourth-order valence-electron chi connectivity index (χ4n) is 1.28. The van der Waals surface area contributed by atoms with Gasteiger partial charge >= 0.3 is 11.9 Å². The minimum Gasteiger partial charge on any atom is -0.318 e. The predicted octanol–water partition coefficient (Wildman–Crippen LogP) is 1.07. The maximum atomic E-state index is 11.4. The lowest BCUT2D eigenvalue weighted by Gasteiger charge is -2.11. The summed E-state index contributed by atoms with van der Waals surface area (Å²) in [5, 5.41) is 0. The molecular weight excluding hydrogens is 236 g/mol. The van der Waals surface area contributed by atoms with Crippen molar-refractivity contribution >= 4 is 11.9 Å². The molecule has 1 heterocycles. The Bertz CT molecular complexity index is 406. The first-order valence-electron chi connectivity index (χ1n) is 5.59. The van der Waals surface area contributed by atoms with Crippen LogP contribution in [0.4, 0.5) is 0 Å². The first kappa shape index (κ1) is 14.1. The van der Waals surface area contributed by atoms with Gasteiger partial charge in [-0.05, 0) is 24.5 Å². The summed E-state index contributed by atoms with van der Waals surface area (Å²) in [6, 6.07) is 2.27. The summed E-state index contributed by atoms with van der Waals surface area (Å²) < 4.78 is 0. The zero-order valence-corrected chi connectivity index (χ0v) is 10.3. The zero-order chi connectivity index (χ0) is 13.5. The van der Waals surface area contributed by atoms with Gasteiger partial charge in [-0.25, -0.2) is 19.4 Å². The quantitative estimate of drug-likeness (QED) is 0.636. The summed E-state index contributed by atoms with van der Waals surface area (Å²) in [7, 11) is 0. The molecule has 6 heteroatoms. The van der Waals surface area contributed by atoms with E-state index in [9.17, 15) is 9.59 Å². The van der Waals surface area contributed by atoms with Crippen LogP contribution in [0, 0.1) is 5.92 Å². The van der Waals surface area contributed by atoms with Gasteiger partial charge in [-0.15, -0.1) is 0 Å². The molecule has 1 atom stereocenters. The van der Waals surface area contributed by atoms with Crippen LogP contribution in [0.15, 0.2) is 24.5 Å². The van der Waals surface area contributed by atoms with Gasteiger partial charge in [0.25, 0.3) is 0 Å². The van der Waals surface area contributed by atoms with E-state index in [0.717, 1.165) is 0 Å². The minimum absolute atomic E-state index is 0.197. The average molecular weight is 252 g/mol. The molecule has 0 aliphatic rings. The van der Waals surface area contributed by atoms with Crippen LogP contribution in [-0.2, 0) is 14.6 Å². The molecule has 0 spiro atoms. The van der Waals surface area contributed by atoms with Crippen molar-refractivity contribution in [1.82, 2.24) is 4.98 Å². The SMILES string of the molecule is CC(C)C[C@@H](N)C(=O)OOC(=O)c1cccnc1. The molecule has 0 unspecified atom stereocenters. The van der Waals surface area contributed by atoms with Crippen LogP contribution in [-0.4, -0.2) is 23.0 Å². The van der Waals surface area contributed by atoms with Crippen LogP contribution in [0.25, 0.3) is 0 Å². The fourth-order valence-corrected chi connectivity index (χ4v) is 1.28. The molecule has 0 aliphatic heterocycles. The van der Waals surface area contributed by atoms with E-state index in [-0.39, 0.29) is 11.5 Å². The van der Waals surface area contributed by atoms with Crippen LogP contribution in [0.2, 0.25) is 0 Å². The van der Waals surface area contributed by atoms with E-state index >= 15 is 0 Å². The number of nitrogens with two attached hydrogens (primary N) is 1. The summed E-state index contributed by atoms with van der Waals surface area (Å²) in [4.78, 5) is 35.3. The molecule has 2 N–H and O–H groups in total. The maximum absolute atomic E-state index is 11.4. The number of pyridine rings is 1. The molecule has 6 nitrogen and oxygen atoms in total. The van der Waals surface area contributed by atoms with Crippen molar-refractivity contribution in [2.24, 2.45) is 11.7 Å². The molecule has 0 aromatic carbocycles. The summed E-state index contributed by atoms with van der Waals surface area (Å²) in [6.45, 7) is 3.85. The molecule has 1 aromatic heterocycles. The van der Waals surface area contributed by atoms with Crippen LogP contribution in [0.3, 0.4) is 0 Å². The van der Waals surface area contributed by atoms with E-state index in [2.05, 4.69) is 14.8 Å². The van der Waals surface area contributed by atoms with Gasteiger partial charge in [0.05, 0.1) is 5.56 Å². The lowest BCUT2D eigenvalue weighted by atomic mass is 10.1. The zero-order valence-electron chi connectivity index (χ0n) is 10.3. The number of carbonyl (C=O) groups is 2. The van der Waals surface area contributed by atoms with E-state index in [1.165, 1.54) is 18.5 Å². The van der Waals surface area contributed by atoms with Gasteiger partial charge in [-0.3, -0.25) is 4.98 Å². The third kappa shape index (κ3) is 4.50. The van der Waals surface area contributed by atoms with E-state index in [1.54, 1.807) is 6.07 Å². The van der Waals surface area contributed by atoms with E-state index in [0.29, 0.717) is 6.42 Å². The molecule has 0 bridgehead atoms. The maximum Gasteiger partial charge on any atom is 0.387 e. The standard InChI is InChI=1S/C12H16N2O4/c1-8(2)6-10(13)12(16)18-17-11(15)9-4-3-5-14-7-9/h3-5,7-8,10H,6,13H2,1-2H3/t10-/m1/s1. The second kappa shape index (κ2) is 6.70. The van der Waals surface area contributed by atoms with Gasteiger partial charge in [0.15, 0.2) is 0 Å². The summed E-state index contributed by atoms with van der Waals surface area (Å²) >= 11 is 0. The third-order valence-electron chi connectivity index (χ3n) is 2.12. The van der Waals surface area contributed by atoms with Gasteiger partial charge in [-0.1, -0.05) is 13.8 Å². The van der Waals surface area contributed by atoms with E-state index in [4.69, 9.17) is 5.73 Å². The lowest BCUT2D eigenvalue weighted by molar-refractivity contribution is -0.235. The Hall–Kier alpha value is -1.95. The summed E-state index contributed by atoms with van der Waals surface area (Å²) in [6.07, 6.45) is 3.29. The normalized spacial score (nSPS) is 12.0. The second-order valence-corrected chi connectivity index (χ2v) is 4.25. The van der Waals surface area contributed by atoms with Crippen molar-refractivity contribution in [3.63, 3.8) is 0 Å². The Morgan fingerprint density at radius 1 is 1.39 bits per heavy atom. The van der Waals surface area contributed by atoms with Crippen LogP contribution < -0.4 is 5.73 Å². The summed E-state index contributed by atoms with van der Waals surface area (Å²) in [5.41, 5.74) is 5.76. The number of nitrogens with zero attached hydrogens (tertiary/aromatic N) is 1. The Morgan fingerprint density at radius 3 is 2.67 bits per heavy atom. The summed E-state index contributed by atoms with van der Waals surface area (Å²) in [5.74, 6) is -1.30. The molecule has 0 saturated carbocycles. The van der Waals surface area contributed by atoms with Crippen molar-refractivity contribution < 1.29 is 19.4 Å². The molecule has 1 rings (SSSR count). The molecule has 1 aromatic rings. The highest BCUT2D eigenvalue weighted by Crippen LogP contribution is 2.05. The van der Waals surface area contributed by atoms with Crippen molar-refractivity contribution in [3.05, 3.63) is 30.1 Å². The topological polar surface area (TPSA) is 91.5 Å². The third-order valence-corrected chi connectivity index (χ3v) is 2.12. The molecule has 0 radical (unpaired) electrons. The van der Waals surface area contributed by atoms with Gasteiger partial charge < -0.3 is 5.73 Å². The number of rotatable bonds is 4. The molecule has 18 heavy (non-hydrogen) atoms. The highest BCUT2D eigenvalue weighted by molar-refractivity contribution is 5.89. The smallest absolute Gasteiger partial charge is 0.318 e. The Balaban J connectivity index is 2.41. The van der Waals surface area contributed by atoms with Crippen molar-refractivity contribution in [3.8, 4) is 0 Å². The van der Waals surface area contributed by atoms with E-state index in [1.807, 2.05) is 13.8 Å². The first-order valence-corrected chi connectivity index (χ1v) is 5.59. The predicted molar refractivity (Wildman–Crippen MR) is 63.2 cm³/mol. The Labute approximate surface area is 105 Å². The van der Waals surface area contributed by atoms with Crippen molar-refractivity contribution in [2.45, 2.75) is 26.3 Å². The monoisotopic (exact) mass is 252 g/mol. The highest BCUT2D eigenvalue weighted by atomic mass is 17.2. The number of hydrogen-bond acceptors (Lipinski definition) is 6. The number of carbonyl (C=O) groups excluding carboxylic acids is 2. The minimum atomic E-state index is -0.799. The van der Waals surface area contributed by atoms with Gasteiger partial charge in [0.1, 0.15) is 6.04 Å². The van der Waals surface area contributed by atoms with Crippen LogP contribution in [0.5, 0.6) is 0 Å². The highest BCUT2D eigenvalue weighted by Gasteiger charge is 2.20. The largest absolute Gasteiger partial charge is 0.387 e. The average Bonchev–Trinajstić information content (AvgIpc) is 2.35. The Morgan fingerprint density at radius 2 is 2.11 bits per heavy atom. The second-order valence-electron chi connectivity index (χ2n) is 4.25. The molecule has 98 valence electrons. The molecule has 0 aliphatic carbocycles. The van der Waals surface area contributed by atoms with Gasteiger partial charge in [0.2, 0.25) is 0 Å². The van der Waals surface area contributed by atoms with Crippen molar-refractivity contribution in [2.75, 3.05) is 0 Å². The fraction of sp³-hybridized carbons (Fsp3) is 0.417. The van der Waals surface area contributed by atoms with E-state index < -0.39 is 18.0 Å². The molecule has 0 fully saturated rings. The molecule has 0 saturated heterocycles. The van der Waals surface area contributed by atoms with Crippen LogP contribution in [0.1, 0.15) is 30.6 Å². The molecular formula is C12H16N2O4. The first-order chi connectivity index (χ1) is 8.50. The lowest BCUT2D eigenvalue weighted by Crippen LogP contribution is -2.34. The number of hydrogen-bond donors (Lipinski definition) is 1. The van der Waals surface area contributed by atoms with Gasteiger partial charge in [-0.2, -0.15) is 0 Å². The molecule has 0 amide bonds.